The van der Waals surface area contributed by atoms with Gasteiger partial charge < -0.3 is 25.5 Å². The van der Waals surface area contributed by atoms with Gasteiger partial charge in [-0.2, -0.15) is 0 Å². The number of amides is 1. The first-order valence-electron chi connectivity index (χ1n) is 8.35. The quantitative estimate of drug-likeness (QED) is 0.267. The molecule has 0 saturated carbocycles. The smallest absolute Gasteiger partial charge is 0.221 e. The van der Waals surface area contributed by atoms with Crippen molar-refractivity contribution in [3.8, 4) is 0 Å². The monoisotopic (exact) mass is 466 g/mol. The van der Waals surface area contributed by atoms with Crippen molar-refractivity contribution in [3.05, 3.63) is 23.7 Å². The first kappa shape index (κ1) is 23.7. The highest BCUT2D eigenvalue weighted by Crippen LogP contribution is 2.22. The molecule has 1 atom stereocenters. The van der Waals surface area contributed by atoms with E-state index < -0.39 is 5.60 Å². The topological polar surface area (TPSA) is 98.9 Å². The van der Waals surface area contributed by atoms with Crippen LogP contribution in [0, 0.1) is 6.92 Å². The largest absolute Gasteiger partial charge is 0.463 e. The second-order valence-corrected chi connectivity index (χ2v) is 6.28. The Hall–Kier alpha value is -1.29. The summed E-state index contributed by atoms with van der Waals surface area (Å²) in [6, 6.07) is 3.69. The number of hydrogen-bond donors (Lipinski definition) is 4. The molecular formula is C17H31IN4O3. The fourth-order valence-corrected chi connectivity index (χ4v) is 2.07. The van der Waals surface area contributed by atoms with E-state index in [1.165, 1.54) is 0 Å². The Kier molecular flexibility index (Phi) is 10.8. The number of aryl methyl sites for hydroxylation is 1. The fourth-order valence-electron chi connectivity index (χ4n) is 2.07. The number of hydrogen-bond acceptors (Lipinski definition) is 4. The third kappa shape index (κ3) is 9.10. The molecule has 0 bridgehead atoms. The first-order chi connectivity index (χ1) is 11.2. The van der Waals surface area contributed by atoms with E-state index in [1.807, 2.05) is 33.8 Å². The molecule has 0 radical (unpaired) electrons. The average molecular weight is 466 g/mol. The van der Waals surface area contributed by atoms with Gasteiger partial charge in [0.05, 0.1) is 6.54 Å². The van der Waals surface area contributed by atoms with Crippen molar-refractivity contribution in [3.63, 3.8) is 0 Å². The van der Waals surface area contributed by atoms with E-state index in [4.69, 9.17) is 4.42 Å². The highest BCUT2D eigenvalue weighted by molar-refractivity contribution is 14.0. The standard InChI is InChI=1S/C17H30N4O3.HI/c1-6-18-16(19-10-9-15(22)21-12(2)3)20-11-17(5,23)14-8-7-13(4)24-14;/h7-8,12,23H,6,9-11H2,1-5H3,(H,21,22)(H2,18,19,20);1H. The van der Waals surface area contributed by atoms with Crippen LogP contribution >= 0.6 is 24.0 Å². The van der Waals surface area contributed by atoms with Gasteiger partial charge in [0.1, 0.15) is 17.1 Å². The van der Waals surface area contributed by atoms with Crippen LogP contribution in [0.3, 0.4) is 0 Å². The van der Waals surface area contributed by atoms with Crippen molar-refractivity contribution in [2.45, 2.75) is 52.7 Å². The molecule has 4 N–H and O–H groups in total. The van der Waals surface area contributed by atoms with Gasteiger partial charge in [0, 0.05) is 25.6 Å². The number of rotatable bonds is 8. The Morgan fingerprint density at radius 1 is 1.36 bits per heavy atom. The maximum absolute atomic E-state index is 11.6. The van der Waals surface area contributed by atoms with Crippen LogP contribution in [0.5, 0.6) is 0 Å². The minimum absolute atomic E-state index is 0. The van der Waals surface area contributed by atoms with Gasteiger partial charge >= 0.3 is 0 Å². The number of nitrogens with one attached hydrogen (secondary N) is 3. The number of halogens is 1. The second kappa shape index (κ2) is 11.3. The summed E-state index contributed by atoms with van der Waals surface area (Å²) in [5, 5.41) is 19.5. The summed E-state index contributed by atoms with van der Waals surface area (Å²) in [5.74, 6) is 1.77. The van der Waals surface area contributed by atoms with Crippen LogP contribution < -0.4 is 16.0 Å². The summed E-state index contributed by atoms with van der Waals surface area (Å²) in [5.41, 5.74) is -1.19. The van der Waals surface area contributed by atoms with E-state index in [1.54, 1.807) is 13.0 Å². The maximum atomic E-state index is 11.6. The molecule has 0 fully saturated rings. The number of nitrogens with zero attached hydrogens (tertiary/aromatic N) is 1. The van der Waals surface area contributed by atoms with Crippen molar-refractivity contribution in [1.82, 2.24) is 16.0 Å². The van der Waals surface area contributed by atoms with Crippen molar-refractivity contribution in [2.24, 2.45) is 4.99 Å². The molecular weight excluding hydrogens is 435 g/mol. The molecule has 0 spiro atoms. The lowest BCUT2D eigenvalue weighted by Crippen LogP contribution is -2.41. The molecule has 1 rings (SSSR count). The number of guanidine groups is 1. The van der Waals surface area contributed by atoms with Crippen LogP contribution in [0.25, 0.3) is 0 Å². The van der Waals surface area contributed by atoms with Crippen molar-refractivity contribution >= 4 is 35.8 Å². The Morgan fingerprint density at radius 3 is 2.56 bits per heavy atom. The van der Waals surface area contributed by atoms with Crippen LogP contribution in [-0.2, 0) is 10.4 Å². The summed E-state index contributed by atoms with van der Waals surface area (Å²) >= 11 is 0. The lowest BCUT2D eigenvalue weighted by atomic mass is 10.0. The second-order valence-electron chi connectivity index (χ2n) is 6.28. The molecule has 0 aliphatic rings. The van der Waals surface area contributed by atoms with E-state index in [-0.39, 0.29) is 42.5 Å². The van der Waals surface area contributed by atoms with Crippen LogP contribution in [0.2, 0.25) is 0 Å². The number of furan rings is 1. The Balaban J connectivity index is 0.00000576. The Labute approximate surface area is 167 Å². The summed E-state index contributed by atoms with van der Waals surface area (Å²) in [7, 11) is 0. The molecule has 0 aliphatic carbocycles. The lowest BCUT2D eigenvalue weighted by molar-refractivity contribution is -0.121. The molecule has 1 unspecified atom stereocenters. The number of aliphatic hydroxyl groups is 1. The van der Waals surface area contributed by atoms with Gasteiger partial charge in [-0.3, -0.25) is 4.79 Å². The van der Waals surface area contributed by atoms with Gasteiger partial charge in [-0.15, -0.1) is 24.0 Å². The van der Waals surface area contributed by atoms with Crippen molar-refractivity contribution in [1.29, 1.82) is 0 Å². The van der Waals surface area contributed by atoms with E-state index in [9.17, 15) is 9.90 Å². The van der Waals surface area contributed by atoms with Crippen LogP contribution in [0.4, 0.5) is 0 Å². The third-order valence-corrected chi connectivity index (χ3v) is 3.25. The molecule has 1 aromatic heterocycles. The zero-order chi connectivity index (χ0) is 18.2. The molecule has 0 aliphatic heterocycles. The van der Waals surface area contributed by atoms with Crippen molar-refractivity contribution < 1.29 is 14.3 Å². The summed E-state index contributed by atoms with van der Waals surface area (Å²) in [6.45, 7) is 10.6. The summed E-state index contributed by atoms with van der Waals surface area (Å²) < 4.78 is 5.48. The van der Waals surface area contributed by atoms with Crippen LogP contribution in [0.15, 0.2) is 21.5 Å². The predicted molar refractivity (Wildman–Crippen MR) is 110 cm³/mol. The lowest BCUT2D eigenvalue weighted by Gasteiger charge is -2.19. The molecule has 7 nitrogen and oxygen atoms in total. The van der Waals surface area contributed by atoms with Crippen LogP contribution in [0.1, 0.15) is 45.6 Å². The Bertz CT molecular complexity index is 556. The van der Waals surface area contributed by atoms with E-state index in [0.29, 0.717) is 31.2 Å². The molecule has 8 heteroatoms. The van der Waals surface area contributed by atoms with E-state index in [0.717, 1.165) is 5.76 Å². The summed E-state index contributed by atoms with van der Waals surface area (Å²) in [4.78, 5) is 16.0. The highest BCUT2D eigenvalue weighted by atomic mass is 127. The van der Waals surface area contributed by atoms with Gasteiger partial charge in [-0.25, -0.2) is 4.99 Å². The highest BCUT2D eigenvalue weighted by Gasteiger charge is 2.26. The minimum atomic E-state index is -1.19. The number of aliphatic imine (C=N–C) groups is 1. The van der Waals surface area contributed by atoms with Gasteiger partial charge in [-0.1, -0.05) is 0 Å². The van der Waals surface area contributed by atoms with E-state index in [2.05, 4.69) is 20.9 Å². The molecule has 25 heavy (non-hydrogen) atoms. The number of carbonyl (C=O) groups is 1. The maximum Gasteiger partial charge on any atom is 0.221 e. The Morgan fingerprint density at radius 2 is 2.04 bits per heavy atom. The minimum Gasteiger partial charge on any atom is -0.463 e. The molecule has 1 aromatic rings. The zero-order valence-corrected chi connectivity index (χ0v) is 18.0. The number of carbonyl (C=O) groups excluding carboxylic acids is 1. The summed E-state index contributed by atoms with van der Waals surface area (Å²) in [6.07, 6.45) is 0.358. The molecule has 0 saturated heterocycles. The van der Waals surface area contributed by atoms with Gasteiger partial charge in [-0.05, 0) is 46.8 Å². The van der Waals surface area contributed by atoms with Crippen LogP contribution in [-0.4, -0.2) is 42.6 Å². The van der Waals surface area contributed by atoms with E-state index >= 15 is 0 Å². The third-order valence-electron chi connectivity index (χ3n) is 3.25. The average Bonchev–Trinajstić information content (AvgIpc) is 2.91. The molecule has 1 heterocycles. The first-order valence-corrected chi connectivity index (χ1v) is 8.35. The SMILES string of the molecule is CCNC(=NCC(C)(O)c1ccc(C)o1)NCCC(=O)NC(C)C.I. The fraction of sp³-hybridized carbons (Fsp3) is 0.647. The molecule has 1 amide bonds. The zero-order valence-electron chi connectivity index (χ0n) is 15.7. The van der Waals surface area contributed by atoms with Gasteiger partial charge in [0.25, 0.3) is 0 Å². The molecule has 144 valence electrons. The predicted octanol–water partition coefficient (Wildman–Crippen LogP) is 1.88. The molecule has 0 aromatic carbocycles. The normalized spacial score (nSPS) is 13.8. The van der Waals surface area contributed by atoms with Crippen molar-refractivity contribution in [2.75, 3.05) is 19.6 Å². The van der Waals surface area contributed by atoms with Gasteiger partial charge in [0.2, 0.25) is 5.91 Å². The van der Waals surface area contributed by atoms with Gasteiger partial charge in [0.15, 0.2) is 5.96 Å².